The van der Waals surface area contributed by atoms with Gasteiger partial charge in [0.25, 0.3) is 0 Å². The fourth-order valence-corrected chi connectivity index (χ4v) is 2.91. The van der Waals surface area contributed by atoms with Crippen LogP contribution in [0.1, 0.15) is 24.8 Å². The number of hydrogen-bond donors (Lipinski definition) is 2. The Balaban J connectivity index is 2.44. The predicted molar refractivity (Wildman–Crippen MR) is 73.5 cm³/mol. The van der Waals surface area contributed by atoms with Crippen LogP contribution in [0.2, 0.25) is 5.02 Å². The molecule has 100 valence electrons. The maximum Gasteiger partial charge on any atom is 0.122 e. The molecule has 1 heterocycles. The molecule has 1 aliphatic heterocycles. The number of hydrogen-bond acceptors (Lipinski definition) is 3. The number of methoxy groups -OCH3 is 1. The Hall–Kier alpha value is -0.770. The molecule has 0 amide bonds. The second kappa shape index (κ2) is 5.91. The quantitative estimate of drug-likeness (QED) is 0.885. The minimum atomic E-state index is -0.236. The molecule has 0 aliphatic carbocycles. The van der Waals surface area contributed by atoms with E-state index in [1.54, 1.807) is 7.11 Å². The van der Waals surface area contributed by atoms with Gasteiger partial charge in [-0.25, -0.2) is 0 Å². The van der Waals surface area contributed by atoms with Crippen molar-refractivity contribution in [1.82, 2.24) is 5.32 Å². The monoisotopic (exact) mass is 269 g/mol. The van der Waals surface area contributed by atoms with Crippen LogP contribution in [0.25, 0.3) is 0 Å². The van der Waals surface area contributed by atoms with E-state index in [4.69, 9.17) is 16.3 Å². The SMILES string of the molecule is COc1ccc(Cl)cc1C1(CO)CCCNCC1. The average Bonchev–Trinajstić information content (AvgIpc) is 2.65. The van der Waals surface area contributed by atoms with Crippen molar-refractivity contribution in [1.29, 1.82) is 0 Å². The normalized spacial score (nSPS) is 24.6. The van der Waals surface area contributed by atoms with Gasteiger partial charge in [-0.3, -0.25) is 0 Å². The van der Waals surface area contributed by atoms with E-state index < -0.39 is 0 Å². The van der Waals surface area contributed by atoms with E-state index in [0.29, 0.717) is 5.02 Å². The predicted octanol–water partition coefficient (Wildman–Crippen LogP) is 2.35. The fraction of sp³-hybridized carbons (Fsp3) is 0.571. The topological polar surface area (TPSA) is 41.5 Å². The molecule has 4 heteroatoms. The van der Waals surface area contributed by atoms with Gasteiger partial charge in [-0.05, 0) is 50.6 Å². The van der Waals surface area contributed by atoms with E-state index in [9.17, 15) is 5.11 Å². The number of halogens is 1. The zero-order valence-corrected chi connectivity index (χ0v) is 11.5. The Morgan fingerprint density at radius 3 is 2.94 bits per heavy atom. The summed E-state index contributed by atoms with van der Waals surface area (Å²) in [6, 6.07) is 5.64. The highest BCUT2D eigenvalue weighted by atomic mass is 35.5. The summed E-state index contributed by atoms with van der Waals surface area (Å²) in [6.07, 6.45) is 2.91. The molecule has 0 spiro atoms. The molecule has 18 heavy (non-hydrogen) atoms. The molecule has 1 saturated heterocycles. The van der Waals surface area contributed by atoms with Gasteiger partial charge in [0.15, 0.2) is 0 Å². The van der Waals surface area contributed by atoms with E-state index in [0.717, 1.165) is 43.7 Å². The first-order valence-electron chi connectivity index (χ1n) is 6.37. The van der Waals surface area contributed by atoms with Crippen molar-refractivity contribution >= 4 is 11.6 Å². The lowest BCUT2D eigenvalue weighted by Gasteiger charge is -2.32. The first-order chi connectivity index (χ1) is 8.72. The highest BCUT2D eigenvalue weighted by Crippen LogP contribution is 2.40. The standard InChI is InChI=1S/C14H20ClNO2/c1-18-13-4-3-11(15)9-12(13)14(10-17)5-2-7-16-8-6-14/h3-4,9,16-17H,2,5-8,10H2,1H3. The zero-order chi connectivity index (χ0) is 13.0. The Labute approximate surface area is 113 Å². The molecule has 1 aliphatic rings. The number of aliphatic hydroxyl groups excluding tert-OH is 1. The second-order valence-electron chi connectivity index (χ2n) is 4.89. The minimum Gasteiger partial charge on any atom is -0.496 e. The number of ether oxygens (including phenoxy) is 1. The molecule has 1 aromatic carbocycles. The van der Waals surface area contributed by atoms with Gasteiger partial charge in [0.1, 0.15) is 5.75 Å². The molecule has 1 fully saturated rings. The van der Waals surface area contributed by atoms with Crippen LogP contribution in [0, 0.1) is 0 Å². The molecular formula is C14H20ClNO2. The lowest BCUT2D eigenvalue weighted by Crippen LogP contribution is -2.32. The third kappa shape index (κ3) is 2.63. The molecular weight excluding hydrogens is 250 g/mol. The number of nitrogens with one attached hydrogen (secondary N) is 1. The molecule has 2 rings (SSSR count). The zero-order valence-electron chi connectivity index (χ0n) is 10.7. The van der Waals surface area contributed by atoms with E-state index in [1.807, 2.05) is 18.2 Å². The molecule has 1 atom stereocenters. The molecule has 0 bridgehead atoms. The first kappa shape index (κ1) is 13.7. The first-order valence-corrected chi connectivity index (χ1v) is 6.75. The number of aliphatic hydroxyl groups is 1. The molecule has 1 aromatic rings. The molecule has 0 aromatic heterocycles. The van der Waals surface area contributed by atoms with Gasteiger partial charge in [0.05, 0.1) is 13.7 Å². The van der Waals surface area contributed by atoms with Gasteiger partial charge < -0.3 is 15.2 Å². The molecule has 2 N–H and O–H groups in total. The van der Waals surface area contributed by atoms with Crippen molar-refractivity contribution in [2.75, 3.05) is 26.8 Å². The van der Waals surface area contributed by atoms with Gasteiger partial charge in [-0.1, -0.05) is 11.6 Å². The summed E-state index contributed by atoms with van der Waals surface area (Å²) in [5, 5.41) is 14.0. The highest BCUT2D eigenvalue weighted by molar-refractivity contribution is 6.30. The summed E-state index contributed by atoms with van der Waals surface area (Å²) in [4.78, 5) is 0. The van der Waals surface area contributed by atoms with E-state index in [2.05, 4.69) is 5.32 Å². The lowest BCUT2D eigenvalue weighted by molar-refractivity contribution is 0.175. The number of rotatable bonds is 3. The van der Waals surface area contributed by atoms with Crippen molar-refractivity contribution in [2.24, 2.45) is 0 Å². The summed E-state index contributed by atoms with van der Waals surface area (Å²) in [6.45, 7) is 2.05. The summed E-state index contributed by atoms with van der Waals surface area (Å²) in [5.74, 6) is 0.815. The third-order valence-corrected chi connectivity index (χ3v) is 4.06. The van der Waals surface area contributed by atoms with Crippen molar-refractivity contribution in [3.05, 3.63) is 28.8 Å². The van der Waals surface area contributed by atoms with Crippen molar-refractivity contribution in [3.63, 3.8) is 0 Å². The van der Waals surface area contributed by atoms with Crippen LogP contribution in [0.5, 0.6) is 5.75 Å². The van der Waals surface area contributed by atoms with Crippen LogP contribution in [0.3, 0.4) is 0 Å². The minimum absolute atomic E-state index is 0.130. The molecule has 1 unspecified atom stereocenters. The smallest absolute Gasteiger partial charge is 0.122 e. The lowest BCUT2D eigenvalue weighted by atomic mass is 9.75. The van der Waals surface area contributed by atoms with Crippen LogP contribution in [-0.2, 0) is 5.41 Å². The van der Waals surface area contributed by atoms with Crippen LogP contribution in [-0.4, -0.2) is 31.9 Å². The molecule has 0 saturated carbocycles. The van der Waals surface area contributed by atoms with E-state index >= 15 is 0 Å². The van der Waals surface area contributed by atoms with E-state index in [-0.39, 0.29) is 12.0 Å². The van der Waals surface area contributed by atoms with Crippen molar-refractivity contribution < 1.29 is 9.84 Å². The third-order valence-electron chi connectivity index (χ3n) is 3.82. The Morgan fingerprint density at radius 2 is 2.22 bits per heavy atom. The Bertz CT molecular complexity index is 401. The fourth-order valence-electron chi connectivity index (χ4n) is 2.74. The van der Waals surface area contributed by atoms with Crippen LogP contribution >= 0.6 is 11.6 Å². The van der Waals surface area contributed by atoms with Crippen LogP contribution < -0.4 is 10.1 Å². The molecule has 0 radical (unpaired) electrons. The summed E-state index contributed by atoms with van der Waals surface area (Å²) in [7, 11) is 1.66. The summed E-state index contributed by atoms with van der Waals surface area (Å²) >= 11 is 6.10. The van der Waals surface area contributed by atoms with E-state index in [1.165, 1.54) is 0 Å². The molecule has 3 nitrogen and oxygen atoms in total. The van der Waals surface area contributed by atoms with Crippen molar-refractivity contribution in [3.8, 4) is 5.75 Å². The van der Waals surface area contributed by atoms with Crippen LogP contribution in [0.15, 0.2) is 18.2 Å². The Morgan fingerprint density at radius 1 is 1.39 bits per heavy atom. The maximum absolute atomic E-state index is 9.90. The largest absolute Gasteiger partial charge is 0.496 e. The highest BCUT2D eigenvalue weighted by Gasteiger charge is 2.34. The summed E-state index contributed by atoms with van der Waals surface area (Å²) < 4.78 is 5.43. The maximum atomic E-state index is 9.90. The average molecular weight is 270 g/mol. The van der Waals surface area contributed by atoms with Gasteiger partial charge in [0, 0.05) is 16.0 Å². The van der Waals surface area contributed by atoms with Gasteiger partial charge >= 0.3 is 0 Å². The summed E-state index contributed by atoms with van der Waals surface area (Å²) in [5.41, 5.74) is 0.795. The second-order valence-corrected chi connectivity index (χ2v) is 5.32. The van der Waals surface area contributed by atoms with Gasteiger partial charge in [-0.15, -0.1) is 0 Å². The van der Waals surface area contributed by atoms with Crippen LogP contribution in [0.4, 0.5) is 0 Å². The van der Waals surface area contributed by atoms with Gasteiger partial charge in [-0.2, -0.15) is 0 Å². The van der Waals surface area contributed by atoms with Gasteiger partial charge in [0.2, 0.25) is 0 Å². The Kier molecular flexibility index (Phi) is 4.49. The van der Waals surface area contributed by atoms with Crippen molar-refractivity contribution in [2.45, 2.75) is 24.7 Å². The number of benzene rings is 1.